The number of aromatic nitrogens is 3. The number of amides is 1. The maximum atomic E-state index is 12.4. The van der Waals surface area contributed by atoms with Crippen molar-refractivity contribution in [1.82, 2.24) is 15.0 Å². The number of aryl methyl sites for hydroxylation is 3. The number of pyridine rings is 1. The Hall–Kier alpha value is -2.47. The van der Waals surface area contributed by atoms with Gasteiger partial charge in [0.25, 0.3) is 5.91 Å². The summed E-state index contributed by atoms with van der Waals surface area (Å²) in [6, 6.07) is 3.21. The molecule has 0 fully saturated rings. The van der Waals surface area contributed by atoms with E-state index < -0.39 is 0 Å². The van der Waals surface area contributed by atoms with Crippen molar-refractivity contribution in [2.24, 2.45) is 0 Å². The van der Waals surface area contributed by atoms with E-state index in [-0.39, 0.29) is 5.91 Å². The fourth-order valence-corrected chi connectivity index (χ4v) is 2.41. The minimum Gasteiger partial charge on any atom is -0.443 e. The number of furan rings is 1. The molecule has 112 valence electrons. The Kier molecular flexibility index (Phi) is 3.54. The minimum absolute atomic E-state index is 0.306. The van der Waals surface area contributed by atoms with Gasteiger partial charge in [-0.1, -0.05) is 11.6 Å². The second-order valence-electron chi connectivity index (χ2n) is 4.91. The van der Waals surface area contributed by atoms with Gasteiger partial charge in [-0.05, 0) is 32.9 Å². The Balaban J connectivity index is 2.01. The van der Waals surface area contributed by atoms with Crippen LogP contribution in [0.2, 0.25) is 5.15 Å². The minimum atomic E-state index is -0.306. The van der Waals surface area contributed by atoms with E-state index in [0.717, 1.165) is 11.3 Å². The normalized spacial score (nSPS) is 10.9. The van der Waals surface area contributed by atoms with Crippen LogP contribution in [0, 0.1) is 20.8 Å². The lowest BCUT2D eigenvalue weighted by molar-refractivity contribution is 0.102. The first kappa shape index (κ1) is 14.5. The Bertz CT molecular complexity index is 889. The van der Waals surface area contributed by atoms with Gasteiger partial charge in [-0.25, -0.2) is 15.0 Å². The molecule has 0 saturated carbocycles. The number of fused-ring (bicyclic) bond motifs is 1. The lowest BCUT2D eigenvalue weighted by Gasteiger charge is -2.07. The zero-order valence-corrected chi connectivity index (χ0v) is 13.0. The molecule has 22 heavy (non-hydrogen) atoms. The van der Waals surface area contributed by atoms with Gasteiger partial charge in [-0.3, -0.25) is 4.79 Å². The summed E-state index contributed by atoms with van der Waals surface area (Å²) >= 11 is 5.81. The lowest BCUT2D eigenvalue weighted by Crippen LogP contribution is -2.15. The Morgan fingerprint density at radius 3 is 2.73 bits per heavy atom. The van der Waals surface area contributed by atoms with Crippen molar-refractivity contribution in [1.29, 1.82) is 0 Å². The largest absolute Gasteiger partial charge is 0.443 e. The molecule has 3 aromatic heterocycles. The predicted octanol–water partition coefficient (Wildman–Crippen LogP) is 3.45. The average Bonchev–Trinajstić information content (AvgIpc) is 2.75. The van der Waals surface area contributed by atoms with E-state index in [2.05, 4.69) is 20.3 Å². The summed E-state index contributed by atoms with van der Waals surface area (Å²) in [5, 5.41) is 3.83. The molecule has 0 radical (unpaired) electrons. The molecule has 1 amide bonds. The highest BCUT2D eigenvalue weighted by atomic mass is 35.5. The van der Waals surface area contributed by atoms with Gasteiger partial charge in [-0.15, -0.1) is 0 Å². The maximum absolute atomic E-state index is 12.4. The number of carbonyl (C=O) groups is 1. The fourth-order valence-electron chi connectivity index (χ4n) is 2.22. The Morgan fingerprint density at radius 1 is 1.23 bits per heavy atom. The van der Waals surface area contributed by atoms with Crippen molar-refractivity contribution in [3.8, 4) is 0 Å². The number of hydrogen-bond donors (Lipinski definition) is 1. The second kappa shape index (κ2) is 5.38. The molecule has 0 unspecified atom stereocenters. The summed E-state index contributed by atoms with van der Waals surface area (Å²) in [6.45, 7) is 5.47. The molecule has 7 heteroatoms. The van der Waals surface area contributed by atoms with E-state index in [9.17, 15) is 4.79 Å². The third-order valence-electron chi connectivity index (χ3n) is 3.49. The van der Waals surface area contributed by atoms with E-state index in [1.807, 2.05) is 13.8 Å². The van der Waals surface area contributed by atoms with E-state index in [1.165, 1.54) is 6.33 Å². The molecule has 0 atom stereocenters. The van der Waals surface area contributed by atoms with Crippen LogP contribution in [-0.2, 0) is 0 Å². The summed E-state index contributed by atoms with van der Waals surface area (Å²) < 4.78 is 5.53. The molecule has 0 saturated heterocycles. The highest BCUT2D eigenvalue weighted by Gasteiger charge is 2.17. The molecular formula is C15H13ClN4O2. The van der Waals surface area contributed by atoms with Crippen LogP contribution < -0.4 is 5.32 Å². The van der Waals surface area contributed by atoms with Crippen molar-refractivity contribution in [3.63, 3.8) is 0 Å². The van der Waals surface area contributed by atoms with Crippen LogP contribution in [-0.4, -0.2) is 20.9 Å². The molecule has 6 nitrogen and oxygen atoms in total. The quantitative estimate of drug-likeness (QED) is 0.732. The third kappa shape index (κ3) is 2.42. The molecule has 0 aliphatic rings. The van der Waals surface area contributed by atoms with E-state index >= 15 is 0 Å². The fraction of sp³-hybridized carbons (Fsp3) is 0.200. The molecular weight excluding hydrogens is 304 g/mol. The molecule has 0 aliphatic carbocycles. The lowest BCUT2D eigenvalue weighted by atomic mass is 10.2. The number of hydrogen-bond acceptors (Lipinski definition) is 5. The predicted molar refractivity (Wildman–Crippen MR) is 83.2 cm³/mol. The summed E-state index contributed by atoms with van der Waals surface area (Å²) in [5.74, 6) is 0.856. The molecule has 0 aromatic carbocycles. The highest BCUT2D eigenvalue weighted by Crippen LogP contribution is 2.28. The first-order valence-electron chi connectivity index (χ1n) is 6.62. The maximum Gasteiger partial charge on any atom is 0.258 e. The molecule has 3 rings (SSSR count). The van der Waals surface area contributed by atoms with Gasteiger partial charge in [-0.2, -0.15) is 0 Å². The summed E-state index contributed by atoms with van der Waals surface area (Å²) in [7, 11) is 0. The molecule has 3 aromatic rings. The van der Waals surface area contributed by atoms with Crippen molar-refractivity contribution in [2.45, 2.75) is 20.8 Å². The Morgan fingerprint density at radius 2 is 2.00 bits per heavy atom. The number of rotatable bonds is 2. The summed E-state index contributed by atoms with van der Waals surface area (Å²) in [4.78, 5) is 24.7. The number of halogens is 1. The highest BCUT2D eigenvalue weighted by molar-refractivity contribution is 6.29. The SMILES string of the molecule is Cc1nc(Cl)ccc1C(=O)Nc1ncnc2oc(C)c(C)c12. The topological polar surface area (TPSA) is 80.9 Å². The number of nitrogens with zero attached hydrogens (tertiary/aromatic N) is 3. The van der Waals surface area contributed by atoms with Crippen molar-refractivity contribution in [3.05, 3.63) is 46.2 Å². The molecule has 3 heterocycles. The number of nitrogens with one attached hydrogen (secondary N) is 1. The second-order valence-corrected chi connectivity index (χ2v) is 5.29. The van der Waals surface area contributed by atoms with Gasteiger partial charge in [0.1, 0.15) is 23.1 Å². The van der Waals surface area contributed by atoms with E-state index in [4.69, 9.17) is 16.0 Å². The van der Waals surface area contributed by atoms with Crippen LogP contribution >= 0.6 is 11.6 Å². The van der Waals surface area contributed by atoms with Crippen LogP contribution in [0.15, 0.2) is 22.9 Å². The van der Waals surface area contributed by atoms with Crippen LogP contribution in [0.4, 0.5) is 5.82 Å². The summed E-state index contributed by atoms with van der Waals surface area (Å²) in [6.07, 6.45) is 1.35. The van der Waals surface area contributed by atoms with E-state index in [1.54, 1.807) is 19.1 Å². The van der Waals surface area contributed by atoms with Gasteiger partial charge in [0.05, 0.1) is 16.6 Å². The summed E-state index contributed by atoms with van der Waals surface area (Å²) in [5.41, 5.74) is 2.34. The van der Waals surface area contributed by atoms with Crippen LogP contribution in [0.25, 0.3) is 11.1 Å². The van der Waals surface area contributed by atoms with Crippen LogP contribution in [0.1, 0.15) is 27.4 Å². The average molecular weight is 317 g/mol. The molecule has 0 spiro atoms. The number of anilines is 1. The van der Waals surface area contributed by atoms with Crippen LogP contribution in [0.3, 0.4) is 0 Å². The Labute approximate surface area is 131 Å². The van der Waals surface area contributed by atoms with Gasteiger partial charge in [0, 0.05) is 5.56 Å². The smallest absolute Gasteiger partial charge is 0.258 e. The number of carbonyl (C=O) groups excluding carboxylic acids is 1. The van der Waals surface area contributed by atoms with Gasteiger partial charge < -0.3 is 9.73 Å². The first-order chi connectivity index (χ1) is 10.5. The molecule has 0 aliphatic heterocycles. The van der Waals surface area contributed by atoms with Crippen molar-refractivity contribution < 1.29 is 9.21 Å². The van der Waals surface area contributed by atoms with Gasteiger partial charge >= 0.3 is 0 Å². The monoisotopic (exact) mass is 316 g/mol. The van der Waals surface area contributed by atoms with Crippen molar-refractivity contribution in [2.75, 3.05) is 5.32 Å². The zero-order valence-electron chi connectivity index (χ0n) is 12.3. The first-order valence-corrected chi connectivity index (χ1v) is 7.00. The van der Waals surface area contributed by atoms with Crippen LogP contribution in [0.5, 0.6) is 0 Å². The van der Waals surface area contributed by atoms with Gasteiger partial charge in [0.2, 0.25) is 5.71 Å². The molecule has 1 N–H and O–H groups in total. The standard InChI is InChI=1S/C15H13ClN4O2/c1-7-9(3)22-15-12(7)13(17-6-18-15)20-14(21)10-4-5-11(16)19-8(10)2/h4-6H,1-3H3,(H,17,18,20,21). The van der Waals surface area contributed by atoms with E-state index in [0.29, 0.717) is 33.3 Å². The van der Waals surface area contributed by atoms with Crippen molar-refractivity contribution >= 4 is 34.4 Å². The third-order valence-corrected chi connectivity index (χ3v) is 3.70. The molecule has 0 bridgehead atoms. The zero-order chi connectivity index (χ0) is 15.9. The van der Waals surface area contributed by atoms with Gasteiger partial charge in [0.15, 0.2) is 0 Å².